The second kappa shape index (κ2) is 6.20. The fourth-order valence-corrected chi connectivity index (χ4v) is 2.03. The van der Waals surface area contributed by atoms with Crippen molar-refractivity contribution in [2.45, 2.75) is 32.8 Å². The van der Waals surface area contributed by atoms with E-state index in [0.29, 0.717) is 4.47 Å². The van der Waals surface area contributed by atoms with E-state index in [9.17, 15) is 15.0 Å². The van der Waals surface area contributed by atoms with E-state index >= 15 is 0 Å². The second-order valence-electron chi connectivity index (χ2n) is 4.25. The minimum absolute atomic E-state index is 0.139. The van der Waals surface area contributed by atoms with Crippen LogP contribution in [-0.2, 0) is 9.53 Å². The van der Waals surface area contributed by atoms with Crippen LogP contribution in [0.2, 0.25) is 0 Å². The number of carbonyl (C=O) groups excluding carboxylic acids is 1. The van der Waals surface area contributed by atoms with Gasteiger partial charge in [0.05, 0.1) is 11.1 Å². The first-order valence-corrected chi connectivity index (χ1v) is 6.54. The summed E-state index contributed by atoms with van der Waals surface area (Å²) in [5.74, 6) is -0.685. The Balaban J connectivity index is 3.18. The van der Waals surface area contributed by atoms with Crippen molar-refractivity contribution in [3.63, 3.8) is 0 Å². The van der Waals surface area contributed by atoms with Crippen LogP contribution in [0.5, 0.6) is 5.75 Å². The average Bonchev–Trinajstić information content (AvgIpc) is 2.31. The first-order valence-electron chi connectivity index (χ1n) is 5.75. The summed E-state index contributed by atoms with van der Waals surface area (Å²) in [6.45, 7) is 5.81. The van der Waals surface area contributed by atoms with E-state index in [1.54, 1.807) is 19.1 Å². The number of aliphatic hydroxyl groups excluding tert-OH is 1. The minimum Gasteiger partial charge on any atom is -0.506 e. The number of carbonyl (C=O) groups is 1. The van der Waals surface area contributed by atoms with Gasteiger partial charge in [-0.15, -0.1) is 0 Å². The third kappa shape index (κ3) is 3.23. The standard InChI is InChI=1S/C13H17BrO4/c1-4-18-13(17)12(16)9-5-8(7(2)3)6-10(14)11(9)15/h5-7,12,15-16H,4H2,1-3H3. The largest absolute Gasteiger partial charge is 0.506 e. The van der Waals surface area contributed by atoms with Gasteiger partial charge in [-0.2, -0.15) is 0 Å². The van der Waals surface area contributed by atoms with Gasteiger partial charge in [-0.25, -0.2) is 4.79 Å². The minimum atomic E-state index is -1.47. The van der Waals surface area contributed by atoms with E-state index in [0.717, 1.165) is 5.56 Å². The van der Waals surface area contributed by atoms with Crippen LogP contribution in [0.15, 0.2) is 16.6 Å². The monoisotopic (exact) mass is 316 g/mol. The highest BCUT2D eigenvalue weighted by atomic mass is 79.9. The molecule has 0 aromatic heterocycles. The Hall–Kier alpha value is -1.07. The van der Waals surface area contributed by atoms with Crippen LogP contribution in [-0.4, -0.2) is 22.8 Å². The van der Waals surface area contributed by atoms with E-state index in [4.69, 9.17) is 4.74 Å². The van der Waals surface area contributed by atoms with Crippen molar-refractivity contribution in [3.8, 4) is 5.75 Å². The molecule has 18 heavy (non-hydrogen) atoms. The Labute approximate surface area is 115 Å². The van der Waals surface area contributed by atoms with E-state index in [-0.39, 0.29) is 23.8 Å². The number of hydrogen-bond donors (Lipinski definition) is 2. The molecule has 0 saturated carbocycles. The van der Waals surface area contributed by atoms with Crippen molar-refractivity contribution >= 4 is 21.9 Å². The highest BCUT2D eigenvalue weighted by molar-refractivity contribution is 9.10. The van der Waals surface area contributed by atoms with E-state index in [1.165, 1.54) is 0 Å². The molecule has 1 aromatic rings. The summed E-state index contributed by atoms with van der Waals surface area (Å²) < 4.78 is 5.19. The van der Waals surface area contributed by atoms with E-state index in [2.05, 4.69) is 15.9 Å². The topological polar surface area (TPSA) is 66.8 Å². The Morgan fingerprint density at radius 2 is 2.06 bits per heavy atom. The molecule has 0 aliphatic heterocycles. The van der Waals surface area contributed by atoms with Gasteiger partial charge < -0.3 is 14.9 Å². The van der Waals surface area contributed by atoms with Crippen molar-refractivity contribution < 1.29 is 19.7 Å². The zero-order chi connectivity index (χ0) is 13.9. The molecule has 4 nitrogen and oxygen atoms in total. The molecule has 0 amide bonds. The summed E-state index contributed by atoms with van der Waals surface area (Å²) >= 11 is 3.21. The van der Waals surface area contributed by atoms with Crippen LogP contribution in [0, 0.1) is 0 Å². The van der Waals surface area contributed by atoms with Crippen molar-refractivity contribution in [2.75, 3.05) is 6.61 Å². The summed E-state index contributed by atoms with van der Waals surface area (Å²) in [5.41, 5.74) is 1.07. The number of hydrogen-bond acceptors (Lipinski definition) is 4. The molecule has 2 N–H and O–H groups in total. The molecular formula is C13H17BrO4. The van der Waals surface area contributed by atoms with Crippen LogP contribution < -0.4 is 0 Å². The Kier molecular flexibility index (Phi) is 5.16. The van der Waals surface area contributed by atoms with Gasteiger partial charge in [-0.1, -0.05) is 13.8 Å². The van der Waals surface area contributed by atoms with Crippen molar-refractivity contribution in [2.24, 2.45) is 0 Å². The Bertz CT molecular complexity index is 443. The van der Waals surface area contributed by atoms with Gasteiger partial charge in [0, 0.05) is 5.56 Å². The van der Waals surface area contributed by atoms with Gasteiger partial charge in [-0.3, -0.25) is 0 Å². The normalized spacial score (nSPS) is 12.6. The smallest absolute Gasteiger partial charge is 0.339 e. The first kappa shape index (κ1) is 15.0. The van der Waals surface area contributed by atoms with Gasteiger partial charge in [0.1, 0.15) is 5.75 Å². The molecule has 0 saturated heterocycles. The van der Waals surface area contributed by atoms with Crippen LogP contribution in [0.25, 0.3) is 0 Å². The maximum Gasteiger partial charge on any atom is 0.339 e. The van der Waals surface area contributed by atoms with Crippen molar-refractivity contribution in [1.82, 2.24) is 0 Å². The molecule has 1 atom stereocenters. The molecule has 100 valence electrons. The maximum atomic E-state index is 11.5. The summed E-state index contributed by atoms with van der Waals surface area (Å²) in [6, 6.07) is 3.38. The predicted octanol–water partition coefficient (Wildman–Crippen LogP) is 2.87. The summed E-state index contributed by atoms with van der Waals surface area (Å²) in [6.07, 6.45) is -1.47. The van der Waals surface area contributed by atoms with Crippen molar-refractivity contribution in [1.29, 1.82) is 0 Å². The fraction of sp³-hybridized carbons (Fsp3) is 0.462. The maximum absolute atomic E-state index is 11.5. The molecule has 5 heteroatoms. The van der Waals surface area contributed by atoms with Gasteiger partial charge in [0.2, 0.25) is 0 Å². The van der Waals surface area contributed by atoms with Crippen molar-refractivity contribution in [3.05, 3.63) is 27.7 Å². The SMILES string of the molecule is CCOC(=O)C(O)c1cc(C(C)C)cc(Br)c1O. The zero-order valence-electron chi connectivity index (χ0n) is 10.6. The highest BCUT2D eigenvalue weighted by Gasteiger charge is 2.24. The van der Waals surface area contributed by atoms with Crippen LogP contribution in [0.3, 0.4) is 0 Å². The molecule has 0 aliphatic rings. The third-order valence-corrected chi connectivity index (χ3v) is 3.19. The van der Waals surface area contributed by atoms with Crippen LogP contribution in [0.1, 0.15) is 43.9 Å². The lowest BCUT2D eigenvalue weighted by molar-refractivity contribution is -0.153. The Morgan fingerprint density at radius 3 is 2.56 bits per heavy atom. The number of aliphatic hydroxyl groups is 1. The van der Waals surface area contributed by atoms with Gasteiger partial charge in [0.15, 0.2) is 6.10 Å². The van der Waals surface area contributed by atoms with Gasteiger partial charge in [0.25, 0.3) is 0 Å². The summed E-state index contributed by atoms with van der Waals surface area (Å²) in [7, 11) is 0. The number of benzene rings is 1. The highest BCUT2D eigenvalue weighted by Crippen LogP contribution is 2.35. The molecule has 0 aliphatic carbocycles. The average molecular weight is 317 g/mol. The molecule has 0 heterocycles. The second-order valence-corrected chi connectivity index (χ2v) is 5.10. The molecule has 0 fully saturated rings. The third-order valence-electron chi connectivity index (χ3n) is 2.59. The number of halogens is 1. The molecule has 0 radical (unpaired) electrons. The van der Waals surface area contributed by atoms with E-state index in [1.807, 2.05) is 13.8 Å². The summed E-state index contributed by atoms with van der Waals surface area (Å²) in [4.78, 5) is 11.5. The fourth-order valence-electron chi connectivity index (χ4n) is 1.53. The summed E-state index contributed by atoms with van der Waals surface area (Å²) in [5, 5.41) is 19.8. The number of phenolic OH excluding ortho intramolecular Hbond substituents is 1. The first-order chi connectivity index (χ1) is 8.38. The molecular weight excluding hydrogens is 300 g/mol. The lowest BCUT2D eigenvalue weighted by Gasteiger charge is -2.15. The molecule has 1 rings (SSSR count). The molecule has 1 unspecified atom stereocenters. The van der Waals surface area contributed by atoms with Gasteiger partial charge in [-0.05, 0) is 46.5 Å². The Morgan fingerprint density at radius 1 is 1.44 bits per heavy atom. The molecule has 0 spiro atoms. The zero-order valence-corrected chi connectivity index (χ0v) is 12.2. The van der Waals surface area contributed by atoms with Crippen LogP contribution in [0.4, 0.5) is 0 Å². The van der Waals surface area contributed by atoms with E-state index < -0.39 is 12.1 Å². The molecule has 1 aromatic carbocycles. The number of aromatic hydroxyl groups is 1. The van der Waals surface area contributed by atoms with Gasteiger partial charge >= 0.3 is 5.97 Å². The number of rotatable bonds is 4. The molecule has 0 bridgehead atoms. The predicted molar refractivity (Wildman–Crippen MR) is 71.5 cm³/mol. The number of ether oxygens (including phenoxy) is 1. The lowest BCUT2D eigenvalue weighted by atomic mass is 9.98. The van der Waals surface area contributed by atoms with Crippen LogP contribution >= 0.6 is 15.9 Å². The lowest BCUT2D eigenvalue weighted by Crippen LogP contribution is -2.16. The number of phenols is 1. The quantitative estimate of drug-likeness (QED) is 0.838. The number of esters is 1.